The van der Waals surface area contributed by atoms with Gasteiger partial charge in [0.2, 0.25) is 5.95 Å². The van der Waals surface area contributed by atoms with Gasteiger partial charge in [-0.1, -0.05) is 19.3 Å². The Hall–Kier alpha value is -1.41. The molecule has 1 radical (unpaired) electrons. The molecule has 0 saturated heterocycles. The van der Waals surface area contributed by atoms with E-state index in [1.54, 1.807) is 0 Å². The molecule has 0 unspecified atom stereocenters. The Morgan fingerprint density at radius 1 is 1.32 bits per heavy atom. The number of nitrogens with zero attached hydrogens (tertiary/aromatic N) is 1. The molecule has 1 heterocycles. The molecule has 9 heteroatoms. The van der Waals surface area contributed by atoms with Crippen LogP contribution in [0.3, 0.4) is 0 Å². The number of carbonyl (C=O) groups excluding carboxylic acids is 2. The maximum Gasteiger partial charge on any atom is 0.321 e. The normalized spacial score (nSPS) is 14.8. The second kappa shape index (κ2) is 12.0. The van der Waals surface area contributed by atoms with E-state index in [9.17, 15) is 14.4 Å². The van der Waals surface area contributed by atoms with Crippen molar-refractivity contribution in [2.45, 2.75) is 51.5 Å². The standard InChI is InChI=1S/C12H18N4O2.C4H8NO.Y/c1-12(6-3-2-4-7-12)16-11(18)15-10-13-8-5-9(17)14-10;1-3-5-4(2)6;/h5,8H,2-4,6-7H2,1H3,(H3,13,14,15,16,17,18);2-3H2,1H3,(H,5,6);/q;-1;. The van der Waals surface area contributed by atoms with Crippen LogP contribution in [0.4, 0.5) is 10.7 Å². The maximum atomic E-state index is 11.8. The van der Waals surface area contributed by atoms with Crippen molar-refractivity contribution in [3.8, 4) is 0 Å². The number of carbonyl (C=O) groups is 2. The Morgan fingerprint density at radius 2 is 1.96 bits per heavy atom. The van der Waals surface area contributed by atoms with Crippen LogP contribution in [0, 0.1) is 6.92 Å². The van der Waals surface area contributed by atoms with Gasteiger partial charge in [-0.15, -0.1) is 0 Å². The van der Waals surface area contributed by atoms with E-state index in [4.69, 9.17) is 0 Å². The number of rotatable bonds is 3. The first kappa shape index (κ1) is 23.6. The van der Waals surface area contributed by atoms with Crippen LogP contribution in [0.5, 0.6) is 0 Å². The summed E-state index contributed by atoms with van der Waals surface area (Å²) in [5, 5.41) is 7.95. The predicted octanol–water partition coefficient (Wildman–Crippen LogP) is 1.57. The Bertz CT molecular complexity index is 599. The van der Waals surface area contributed by atoms with Gasteiger partial charge in [0.1, 0.15) is 0 Å². The van der Waals surface area contributed by atoms with Crippen molar-refractivity contribution in [3.05, 3.63) is 29.5 Å². The average Bonchev–Trinajstić information content (AvgIpc) is 2.47. The zero-order valence-electron chi connectivity index (χ0n) is 14.9. The molecular formula is C16H26N5O3Y-. The zero-order chi connectivity index (χ0) is 18.0. The molecule has 1 aromatic heterocycles. The number of H-pyrrole nitrogens is 1. The van der Waals surface area contributed by atoms with Crippen LogP contribution < -0.4 is 21.5 Å². The van der Waals surface area contributed by atoms with Crippen molar-refractivity contribution in [1.82, 2.24) is 20.6 Å². The Balaban J connectivity index is 0.000000715. The summed E-state index contributed by atoms with van der Waals surface area (Å²) >= 11 is 0. The fraction of sp³-hybridized carbons (Fsp3) is 0.562. The molecule has 1 fully saturated rings. The second-order valence-corrected chi connectivity index (χ2v) is 5.94. The molecule has 1 aromatic rings. The third kappa shape index (κ3) is 10.2. The summed E-state index contributed by atoms with van der Waals surface area (Å²) in [5.41, 5.74) is -0.443. The summed E-state index contributed by atoms with van der Waals surface area (Å²) in [5.74, 6) is -0.0445. The molecule has 0 aliphatic heterocycles. The largest absolute Gasteiger partial charge is 0.381 e. The fourth-order valence-corrected chi connectivity index (χ4v) is 2.50. The van der Waals surface area contributed by atoms with E-state index < -0.39 is 0 Å². The number of anilines is 1. The summed E-state index contributed by atoms with van der Waals surface area (Å²) in [6.45, 7) is 7.65. The zero-order valence-corrected chi connectivity index (χ0v) is 17.7. The first-order chi connectivity index (χ1) is 11.3. The van der Waals surface area contributed by atoms with Crippen LogP contribution in [0.15, 0.2) is 17.1 Å². The van der Waals surface area contributed by atoms with Crippen LogP contribution >= 0.6 is 0 Å². The molecule has 4 N–H and O–H groups in total. The van der Waals surface area contributed by atoms with Crippen molar-refractivity contribution in [2.24, 2.45) is 0 Å². The van der Waals surface area contributed by atoms with Gasteiger partial charge >= 0.3 is 6.03 Å². The molecule has 0 aromatic carbocycles. The minimum Gasteiger partial charge on any atom is -0.381 e. The van der Waals surface area contributed by atoms with Gasteiger partial charge in [-0.05, 0) is 26.7 Å². The number of aromatic nitrogens is 2. The van der Waals surface area contributed by atoms with Crippen molar-refractivity contribution >= 4 is 17.9 Å². The second-order valence-electron chi connectivity index (χ2n) is 5.94. The van der Waals surface area contributed by atoms with E-state index >= 15 is 0 Å². The van der Waals surface area contributed by atoms with Gasteiger partial charge in [-0.25, -0.2) is 9.78 Å². The van der Waals surface area contributed by atoms with Crippen LogP contribution in [0.1, 0.15) is 46.0 Å². The number of urea groups is 1. The van der Waals surface area contributed by atoms with Crippen molar-refractivity contribution in [2.75, 3.05) is 11.9 Å². The van der Waals surface area contributed by atoms with Gasteiger partial charge in [0.25, 0.3) is 5.56 Å². The van der Waals surface area contributed by atoms with Gasteiger partial charge < -0.3 is 22.4 Å². The van der Waals surface area contributed by atoms with Gasteiger partial charge in [0.05, 0.1) is 5.91 Å². The Morgan fingerprint density at radius 3 is 2.44 bits per heavy atom. The SMILES string of the molecule is CC1(NC(=O)Nc2nccc(=O)[nH]2)CCCCC1.[CH2-]C(=O)NCC.[Y]. The molecular weight excluding hydrogens is 399 g/mol. The molecule has 137 valence electrons. The first-order valence-corrected chi connectivity index (χ1v) is 8.09. The van der Waals surface area contributed by atoms with Gasteiger partial charge in [-0.3, -0.25) is 15.1 Å². The summed E-state index contributed by atoms with van der Waals surface area (Å²) in [4.78, 5) is 39.0. The summed E-state index contributed by atoms with van der Waals surface area (Å²) < 4.78 is 0. The monoisotopic (exact) mass is 425 g/mol. The Kier molecular flexibility index (Phi) is 11.4. The summed E-state index contributed by atoms with van der Waals surface area (Å²) in [6.07, 6.45) is 6.83. The first-order valence-electron chi connectivity index (χ1n) is 8.09. The van der Waals surface area contributed by atoms with E-state index in [1.165, 1.54) is 18.7 Å². The van der Waals surface area contributed by atoms with Crippen molar-refractivity contribution in [3.63, 3.8) is 0 Å². The van der Waals surface area contributed by atoms with Crippen LogP contribution in [-0.4, -0.2) is 34.0 Å². The summed E-state index contributed by atoms with van der Waals surface area (Å²) in [7, 11) is 0. The fourth-order valence-electron chi connectivity index (χ4n) is 2.50. The van der Waals surface area contributed by atoms with Crippen LogP contribution in [-0.2, 0) is 37.5 Å². The van der Waals surface area contributed by atoms with E-state index in [1.807, 2.05) is 13.8 Å². The molecule has 2 rings (SSSR count). The molecule has 8 nitrogen and oxygen atoms in total. The molecule has 1 aliphatic carbocycles. The van der Waals surface area contributed by atoms with Crippen LogP contribution in [0.25, 0.3) is 0 Å². The maximum absolute atomic E-state index is 11.8. The molecule has 25 heavy (non-hydrogen) atoms. The average molecular weight is 425 g/mol. The van der Waals surface area contributed by atoms with E-state index in [-0.39, 0.29) is 61.7 Å². The van der Waals surface area contributed by atoms with E-state index in [0.29, 0.717) is 6.54 Å². The van der Waals surface area contributed by atoms with E-state index in [0.717, 1.165) is 25.7 Å². The van der Waals surface area contributed by atoms with Gasteiger partial charge in [0.15, 0.2) is 0 Å². The van der Waals surface area contributed by atoms with E-state index in [2.05, 4.69) is 32.8 Å². The van der Waals surface area contributed by atoms with Gasteiger partial charge in [0, 0.05) is 57.1 Å². The minimum absolute atomic E-state index is 0. The van der Waals surface area contributed by atoms with Crippen molar-refractivity contribution < 1.29 is 42.3 Å². The molecule has 3 amide bonds. The topological polar surface area (TPSA) is 116 Å². The molecule has 1 aliphatic rings. The smallest absolute Gasteiger partial charge is 0.321 e. The molecule has 0 spiro atoms. The number of hydrogen-bond acceptors (Lipinski definition) is 4. The minimum atomic E-state index is -0.325. The molecule has 1 saturated carbocycles. The number of aromatic amines is 1. The number of amides is 3. The third-order valence-corrected chi connectivity index (χ3v) is 3.65. The number of hydrogen-bond donors (Lipinski definition) is 4. The number of nitrogens with one attached hydrogen (secondary N) is 4. The summed E-state index contributed by atoms with van der Waals surface area (Å²) in [6, 6.07) is 0.972. The Labute approximate surface area is 173 Å². The quantitative estimate of drug-likeness (QED) is 0.550. The van der Waals surface area contributed by atoms with Crippen LogP contribution in [0.2, 0.25) is 0 Å². The predicted molar refractivity (Wildman–Crippen MR) is 92.5 cm³/mol. The van der Waals surface area contributed by atoms with Gasteiger partial charge in [-0.2, -0.15) is 0 Å². The van der Waals surface area contributed by atoms with Crippen molar-refractivity contribution in [1.29, 1.82) is 0 Å². The third-order valence-electron chi connectivity index (χ3n) is 3.65. The molecule has 0 atom stereocenters. The molecule has 0 bridgehead atoms.